The number of aliphatic carboxylic acids is 2. The van der Waals surface area contributed by atoms with Crippen LogP contribution in [0.4, 0.5) is 0 Å². The number of rotatable bonds is 6. The predicted octanol–water partition coefficient (Wildman–Crippen LogP) is 0.464. The minimum atomic E-state index is -1.35. The number of benzene rings is 1. The molecule has 1 aromatic carbocycles. The van der Waals surface area contributed by atoms with Gasteiger partial charge in [-0.2, -0.15) is 0 Å². The molecular weight excluding hydrogens is 280 g/mol. The van der Waals surface area contributed by atoms with Gasteiger partial charge in [0.2, 0.25) is 0 Å². The van der Waals surface area contributed by atoms with Crippen LogP contribution in [0.3, 0.4) is 0 Å². The first-order valence-corrected chi connectivity index (χ1v) is 6.09. The third kappa shape index (κ3) is 3.71. The highest BCUT2D eigenvalue weighted by Gasteiger charge is 2.33. The summed E-state index contributed by atoms with van der Waals surface area (Å²) >= 11 is 0. The summed E-state index contributed by atoms with van der Waals surface area (Å²) in [6.45, 7) is 0.184. The highest BCUT2D eigenvalue weighted by Crippen LogP contribution is 2.26. The fraction of sp³-hybridized carbons (Fsp3) is 0.231. The van der Waals surface area contributed by atoms with E-state index < -0.39 is 23.7 Å². The van der Waals surface area contributed by atoms with Crippen molar-refractivity contribution >= 4 is 11.9 Å². The van der Waals surface area contributed by atoms with Crippen LogP contribution in [0, 0.1) is 0 Å². The first-order valence-electron chi connectivity index (χ1n) is 6.09. The Morgan fingerprint density at radius 3 is 2.43 bits per heavy atom. The van der Waals surface area contributed by atoms with Crippen LogP contribution in [0.25, 0.3) is 0 Å². The number of carboxylic acids is 2. The third-order valence-corrected chi connectivity index (χ3v) is 2.73. The molecule has 1 atom stereocenters. The van der Waals surface area contributed by atoms with Crippen LogP contribution in [-0.2, 0) is 25.8 Å². The van der Waals surface area contributed by atoms with Crippen LogP contribution in [0.15, 0.2) is 41.9 Å². The summed E-state index contributed by atoms with van der Waals surface area (Å²) in [7, 11) is 0. The lowest BCUT2D eigenvalue weighted by Crippen LogP contribution is -2.31. The van der Waals surface area contributed by atoms with Gasteiger partial charge in [-0.3, -0.25) is 4.79 Å². The minimum Gasteiger partial charge on any atom is -0.480 e. The molecular formula is C13H14N2O6. The second-order valence-corrected chi connectivity index (χ2v) is 4.37. The lowest BCUT2D eigenvalue weighted by Gasteiger charge is -2.14. The number of hydroxylamine groups is 2. The molecule has 0 saturated carbocycles. The molecule has 0 saturated heterocycles. The molecule has 8 heteroatoms. The number of nitrogens with two attached hydrogens (primary N) is 1. The maximum atomic E-state index is 11.1. The van der Waals surface area contributed by atoms with Gasteiger partial charge in [-0.1, -0.05) is 30.3 Å². The van der Waals surface area contributed by atoms with E-state index in [1.165, 1.54) is 0 Å². The first kappa shape index (κ1) is 14.8. The van der Waals surface area contributed by atoms with Gasteiger partial charge in [0, 0.05) is 11.6 Å². The van der Waals surface area contributed by atoms with Crippen molar-refractivity contribution in [3.8, 4) is 0 Å². The summed E-state index contributed by atoms with van der Waals surface area (Å²) in [4.78, 5) is 32.1. The van der Waals surface area contributed by atoms with Gasteiger partial charge in [0.25, 0.3) is 5.76 Å². The second-order valence-electron chi connectivity index (χ2n) is 4.37. The molecule has 0 bridgehead atoms. The molecule has 0 amide bonds. The maximum absolute atomic E-state index is 11.1. The van der Waals surface area contributed by atoms with Crippen molar-refractivity contribution in [2.75, 3.05) is 0 Å². The Morgan fingerprint density at radius 2 is 1.86 bits per heavy atom. The van der Waals surface area contributed by atoms with Gasteiger partial charge in [0.1, 0.15) is 6.04 Å². The summed E-state index contributed by atoms with van der Waals surface area (Å²) in [5.74, 6) is -3.17. The van der Waals surface area contributed by atoms with E-state index in [-0.39, 0.29) is 18.7 Å². The third-order valence-electron chi connectivity index (χ3n) is 2.73. The van der Waals surface area contributed by atoms with E-state index in [1.54, 1.807) is 0 Å². The van der Waals surface area contributed by atoms with Crippen LogP contribution in [0.1, 0.15) is 12.0 Å². The molecule has 8 nitrogen and oxygen atoms in total. The van der Waals surface area contributed by atoms with Gasteiger partial charge in [-0.15, -0.1) is 0 Å². The fourth-order valence-corrected chi connectivity index (χ4v) is 1.71. The van der Waals surface area contributed by atoms with E-state index in [1.807, 2.05) is 30.3 Å². The van der Waals surface area contributed by atoms with Crippen molar-refractivity contribution < 1.29 is 29.5 Å². The summed E-state index contributed by atoms with van der Waals surface area (Å²) < 4.78 is 0. The Labute approximate surface area is 119 Å². The maximum Gasteiger partial charge on any atom is 0.377 e. The molecule has 21 heavy (non-hydrogen) atoms. The van der Waals surface area contributed by atoms with E-state index >= 15 is 0 Å². The summed E-state index contributed by atoms with van der Waals surface area (Å²) in [5, 5.41) is 18.8. The molecule has 1 unspecified atom stereocenters. The fourth-order valence-electron chi connectivity index (χ4n) is 1.71. The highest BCUT2D eigenvalue weighted by molar-refractivity contribution is 5.85. The van der Waals surface area contributed by atoms with Gasteiger partial charge < -0.3 is 25.6 Å². The van der Waals surface area contributed by atoms with Crippen molar-refractivity contribution in [2.24, 2.45) is 5.73 Å². The number of carboxylic acid groups (broad SMARTS) is 2. The largest absolute Gasteiger partial charge is 0.480 e. The topological polar surface area (TPSA) is 122 Å². The molecule has 2 rings (SSSR count). The van der Waals surface area contributed by atoms with Gasteiger partial charge in [0.05, 0.1) is 6.54 Å². The lowest BCUT2D eigenvalue weighted by molar-refractivity contribution is -0.303. The average Bonchev–Trinajstić information content (AvgIpc) is 2.82. The molecule has 4 N–H and O–H groups in total. The van der Waals surface area contributed by atoms with E-state index in [0.717, 1.165) is 10.8 Å². The van der Waals surface area contributed by atoms with Crippen molar-refractivity contribution in [3.63, 3.8) is 0 Å². The van der Waals surface area contributed by atoms with E-state index in [9.17, 15) is 9.59 Å². The van der Waals surface area contributed by atoms with E-state index in [4.69, 9.17) is 25.6 Å². The molecule has 0 radical (unpaired) electrons. The standard InChI is InChI=1S/C13H14N2O6/c14-9(12(16)17)6-10-11(13(18)19)21-15(20-10)7-8-4-2-1-3-5-8/h1-5,9H,6-7,14H2,(H,16,17)(H,18,19). The van der Waals surface area contributed by atoms with Crippen molar-refractivity contribution in [2.45, 2.75) is 19.0 Å². The van der Waals surface area contributed by atoms with Crippen LogP contribution >= 0.6 is 0 Å². The Morgan fingerprint density at radius 1 is 1.19 bits per heavy atom. The second kappa shape index (κ2) is 6.25. The first-order chi connectivity index (χ1) is 9.97. The van der Waals surface area contributed by atoms with Crippen LogP contribution in [-0.4, -0.2) is 33.4 Å². The van der Waals surface area contributed by atoms with Crippen LogP contribution in [0.2, 0.25) is 0 Å². The molecule has 1 heterocycles. The van der Waals surface area contributed by atoms with Crippen LogP contribution in [0.5, 0.6) is 0 Å². The van der Waals surface area contributed by atoms with E-state index in [0.29, 0.717) is 0 Å². The monoisotopic (exact) mass is 294 g/mol. The molecule has 0 spiro atoms. The van der Waals surface area contributed by atoms with Crippen LogP contribution < -0.4 is 5.73 Å². The molecule has 0 aliphatic carbocycles. The molecule has 1 aromatic rings. The molecule has 0 aromatic heterocycles. The predicted molar refractivity (Wildman–Crippen MR) is 69.0 cm³/mol. The number of carbonyl (C=O) groups is 2. The Hall–Kier alpha value is -2.58. The van der Waals surface area contributed by atoms with E-state index in [2.05, 4.69) is 0 Å². The minimum absolute atomic E-state index is 0.117. The van der Waals surface area contributed by atoms with Gasteiger partial charge in [0.15, 0.2) is 5.76 Å². The Balaban J connectivity index is 2.06. The molecule has 0 fully saturated rings. The number of nitrogens with zero attached hydrogens (tertiary/aromatic N) is 1. The number of hydrogen-bond acceptors (Lipinski definition) is 6. The molecule has 1 aliphatic heterocycles. The van der Waals surface area contributed by atoms with Crippen molar-refractivity contribution in [1.82, 2.24) is 5.23 Å². The van der Waals surface area contributed by atoms with Gasteiger partial charge >= 0.3 is 11.9 Å². The highest BCUT2D eigenvalue weighted by atomic mass is 17.0. The molecule has 112 valence electrons. The smallest absolute Gasteiger partial charge is 0.377 e. The quantitative estimate of drug-likeness (QED) is 0.691. The zero-order valence-corrected chi connectivity index (χ0v) is 10.9. The zero-order chi connectivity index (χ0) is 15.4. The van der Waals surface area contributed by atoms with Crippen molar-refractivity contribution in [1.29, 1.82) is 0 Å². The Bertz CT molecular complexity index is 571. The molecule has 1 aliphatic rings. The van der Waals surface area contributed by atoms with Gasteiger partial charge in [-0.25, -0.2) is 4.79 Å². The summed E-state index contributed by atoms with van der Waals surface area (Å²) in [6.07, 6.45) is -0.276. The summed E-state index contributed by atoms with van der Waals surface area (Å²) in [6, 6.07) is 7.83. The average molecular weight is 294 g/mol. The lowest BCUT2D eigenvalue weighted by atomic mass is 10.2. The zero-order valence-electron chi connectivity index (χ0n) is 10.9. The Kier molecular flexibility index (Phi) is 4.41. The normalized spacial score (nSPS) is 16.2. The van der Waals surface area contributed by atoms with Crippen molar-refractivity contribution in [3.05, 3.63) is 47.4 Å². The summed E-state index contributed by atoms with van der Waals surface area (Å²) in [5.41, 5.74) is 6.21. The van der Waals surface area contributed by atoms with Gasteiger partial charge in [-0.05, 0) is 5.56 Å². The SMILES string of the molecule is NC(CC1=C(C(=O)O)ON(Cc2ccccc2)O1)C(=O)O. The number of hydrogen-bond donors (Lipinski definition) is 3.